The predicted octanol–water partition coefficient (Wildman–Crippen LogP) is -0.295. The second-order valence-electron chi connectivity index (χ2n) is 1.89. The summed E-state index contributed by atoms with van der Waals surface area (Å²) in [5, 5.41) is 3.17. The van der Waals surface area contributed by atoms with Gasteiger partial charge in [-0.3, -0.25) is 5.32 Å². The fraction of sp³-hybridized carbons (Fsp3) is 1.00. The highest BCUT2D eigenvalue weighted by Crippen LogP contribution is 2.23. The molecule has 3 rings (SSSR count). The first-order valence-electron chi connectivity index (χ1n) is 2.34. The quantitative estimate of drug-likeness (QED) is 0.436. The summed E-state index contributed by atoms with van der Waals surface area (Å²) in [5.41, 5.74) is 0. The van der Waals surface area contributed by atoms with Crippen LogP contribution in [0.2, 0.25) is 0 Å². The van der Waals surface area contributed by atoms with E-state index in [0.29, 0.717) is 12.3 Å². The predicted molar refractivity (Wildman–Crippen MR) is 21.3 cm³/mol. The first-order valence-corrected chi connectivity index (χ1v) is 2.34. The van der Waals surface area contributed by atoms with E-state index in [1.54, 1.807) is 0 Å². The Hall–Kier alpha value is -0.0800. The molecule has 0 aliphatic carbocycles. The Morgan fingerprint density at radius 2 is 2.50 bits per heavy atom. The van der Waals surface area contributed by atoms with Crippen LogP contribution in [-0.2, 0) is 4.74 Å². The minimum atomic E-state index is 0.440. The second kappa shape index (κ2) is 0.768. The van der Waals surface area contributed by atoms with Gasteiger partial charge in [0.2, 0.25) is 0 Å². The Labute approximate surface area is 36.5 Å². The van der Waals surface area contributed by atoms with Crippen molar-refractivity contribution in [2.75, 3.05) is 6.54 Å². The molecule has 0 aromatic carbocycles. The molecule has 3 fully saturated rings. The van der Waals surface area contributed by atoms with Crippen LogP contribution in [0, 0.1) is 0 Å². The smallest absolute Gasteiger partial charge is 0.111 e. The van der Waals surface area contributed by atoms with Gasteiger partial charge in [-0.25, -0.2) is 0 Å². The molecule has 0 saturated carbocycles. The highest BCUT2D eigenvalue weighted by Gasteiger charge is 2.36. The molecule has 0 radical (unpaired) electrons. The molecule has 2 unspecified atom stereocenters. The van der Waals surface area contributed by atoms with Crippen LogP contribution in [0.15, 0.2) is 0 Å². The summed E-state index contributed by atoms with van der Waals surface area (Å²) in [6, 6.07) is 0. The summed E-state index contributed by atoms with van der Waals surface area (Å²) in [5.74, 6) is 0. The van der Waals surface area contributed by atoms with Crippen molar-refractivity contribution in [1.29, 1.82) is 0 Å². The van der Waals surface area contributed by atoms with Crippen LogP contribution in [0.1, 0.15) is 6.42 Å². The van der Waals surface area contributed by atoms with E-state index in [1.807, 2.05) is 0 Å². The third kappa shape index (κ3) is 0.200. The van der Waals surface area contributed by atoms with E-state index >= 15 is 0 Å². The zero-order chi connectivity index (χ0) is 3.98. The molecule has 2 bridgehead atoms. The van der Waals surface area contributed by atoms with Gasteiger partial charge >= 0.3 is 0 Å². The van der Waals surface area contributed by atoms with Crippen molar-refractivity contribution in [3.05, 3.63) is 0 Å². The molecule has 0 spiro atoms. The summed E-state index contributed by atoms with van der Waals surface area (Å²) in [6.07, 6.45) is 2.27. The van der Waals surface area contributed by atoms with Gasteiger partial charge < -0.3 is 4.74 Å². The highest BCUT2D eigenvalue weighted by atomic mass is 16.5. The van der Waals surface area contributed by atoms with Crippen LogP contribution < -0.4 is 5.32 Å². The largest absolute Gasteiger partial charge is 0.359 e. The lowest BCUT2D eigenvalue weighted by Crippen LogP contribution is -2.30. The van der Waals surface area contributed by atoms with Crippen molar-refractivity contribution in [3.63, 3.8) is 0 Å². The lowest BCUT2D eigenvalue weighted by molar-refractivity contribution is -0.0678. The van der Waals surface area contributed by atoms with Gasteiger partial charge in [-0.05, 0) is 0 Å². The molecule has 0 amide bonds. The normalized spacial score (nSPS) is 52.0. The standard InChI is InChI=1S/C4H7NO/c1-3-2-5-4(1)6-3/h3-5H,1-2H2. The Bertz CT molecular complexity index is 54.4. The van der Waals surface area contributed by atoms with Gasteiger partial charge in [0.1, 0.15) is 6.23 Å². The molecular formula is C4H7NO. The van der Waals surface area contributed by atoms with E-state index in [1.165, 1.54) is 6.42 Å². The number of hydrogen-bond donors (Lipinski definition) is 1. The van der Waals surface area contributed by atoms with Gasteiger partial charge in [-0.2, -0.15) is 0 Å². The minimum Gasteiger partial charge on any atom is -0.359 e. The molecule has 3 aliphatic heterocycles. The fourth-order valence-electron chi connectivity index (χ4n) is 0.986. The highest BCUT2D eigenvalue weighted by molar-refractivity contribution is 4.85. The summed E-state index contributed by atoms with van der Waals surface area (Å²) in [4.78, 5) is 0. The molecule has 3 aliphatic rings. The minimum absolute atomic E-state index is 0.440. The molecule has 0 aromatic heterocycles. The number of fused-ring (bicyclic) bond motifs is 1. The van der Waals surface area contributed by atoms with Crippen molar-refractivity contribution in [2.24, 2.45) is 0 Å². The van der Waals surface area contributed by atoms with Gasteiger partial charge in [-0.15, -0.1) is 0 Å². The van der Waals surface area contributed by atoms with Crippen LogP contribution >= 0.6 is 0 Å². The first kappa shape index (κ1) is 2.99. The maximum Gasteiger partial charge on any atom is 0.111 e. The number of ether oxygens (including phenoxy) is 1. The summed E-state index contributed by atoms with van der Waals surface area (Å²) in [6.45, 7) is 1.09. The summed E-state index contributed by atoms with van der Waals surface area (Å²) < 4.78 is 5.14. The van der Waals surface area contributed by atoms with Gasteiger partial charge in [0, 0.05) is 13.0 Å². The zero-order valence-corrected chi connectivity index (χ0v) is 3.48. The van der Waals surface area contributed by atoms with Crippen LogP contribution in [-0.4, -0.2) is 18.9 Å². The molecule has 2 nitrogen and oxygen atoms in total. The molecule has 0 aromatic rings. The summed E-state index contributed by atoms with van der Waals surface area (Å²) in [7, 11) is 0. The van der Waals surface area contributed by atoms with E-state index in [0.717, 1.165) is 6.54 Å². The van der Waals surface area contributed by atoms with Crippen molar-refractivity contribution in [3.8, 4) is 0 Å². The van der Waals surface area contributed by atoms with E-state index < -0.39 is 0 Å². The van der Waals surface area contributed by atoms with Gasteiger partial charge in [0.25, 0.3) is 0 Å². The van der Waals surface area contributed by atoms with E-state index in [-0.39, 0.29) is 0 Å². The van der Waals surface area contributed by atoms with Gasteiger partial charge in [0.05, 0.1) is 6.10 Å². The summed E-state index contributed by atoms with van der Waals surface area (Å²) >= 11 is 0. The lowest BCUT2D eigenvalue weighted by atomic mass is 10.2. The first-order chi connectivity index (χ1) is 2.95. The molecule has 34 valence electrons. The monoisotopic (exact) mass is 85.1 g/mol. The molecule has 2 heteroatoms. The Balaban J connectivity index is 2.16. The molecule has 2 atom stereocenters. The topological polar surface area (TPSA) is 21.3 Å². The third-order valence-electron chi connectivity index (χ3n) is 1.41. The number of hydrogen-bond acceptors (Lipinski definition) is 2. The van der Waals surface area contributed by atoms with Crippen LogP contribution in [0.3, 0.4) is 0 Å². The Kier molecular flexibility index (Phi) is 0.383. The van der Waals surface area contributed by atoms with Gasteiger partial charge in [0.15, 0.2) is 0 Å². The maximum atomic E-state index is 5.14. The molecule has 1 N–H and O–H groups in total. The number of nitrogens with one attached hydrogen (secondary N) is 1. The van der Waals surface area contributed by atoms with Crippen LogP contribution in [0.4, 0.5) is 0 Å². The SMILES string of the molecule is C1NC2CC1O2. The van der Waals surface area contributed by atoms with Gasteiger partial charge in [-0.1, -0.05) is 0 Å². The van der Waals surface area contributed by atoms with Crippen LogP contribution in [0.5, 0.6) is 0 Å². The molecular weight excluding hydrogens is 78.0 g/mol. The van der Waals surface area contributed by atoms with Crippen molar-refractivity contribution in [2.45, 2.75) is 18.8 Å². The average molecular weight is 85.1 g/mol. The Morgan fingerprint density at radius 1 is 1.67 bits per heavy atom. The second-order valence-corrected chi connectivity index (χ2v) is 1.89. The average Bonchev–Trinajstić information content (AvgIpc) is 1.72. The van der Waals surface area contributed by atoms with Crippen LogP contribution in [0.25, 0.3) is 0 Å². The van der Waals surface area contributed by atoms with E-state index in [9.17, 15) is 0 Å². The van der Waals surface area contributed by atoms with E-state index in [4.69, 9.17) is 4.74 Å². The van der Waals surface area contributed by atoms with E-state index in [2.05, 4.69) is 5.32 Å². The molecule has 3 saturated heterocycles. The zero-order valence-electron chi connectivity index (χ0n) is 3.48. The molecule has 3 heterocycles. The lowest BCUT2D eigenvalue weighted by Gasteiger charge is -2.21. The maximum absolute atomic E-state index is 5.14. The fourth-order valence-corrected chi connectivity index (χ4v) is 0.986. The molecule has 6 heavy (non-hydrogen) atoms. The van der Waals surface area contributed by atoms with Crippen molar-refractivity contribution < 1.29 is 4.74 Å². The third-order valence-corrected chi connectivity index (χ3v) is 1.41. The van der Waals surface area contributed by atoms with Crippen molar-refractivity contribution >= 4 is 0 Å². The van der Waals surface area contributed by atoms with Crippen molar-refractivity contribution in [1.82, 2.24) is 5.32 Å². The Morgan fingerprint density at radius 3 is 2.67 bits per heavy atom. The number of rotatable bonds is 0.